The number of aromatic nitrogens is 1. The van der Waals surface area contributed by atoms with E-state index in [1.807, 2.05) is 6.07 Å². The summed E-state index contributed by atoms with van der Waals surface area (Å²) in [7, 11) is 1.38. The number of rotatable bonds is 3. The maximum absolute atomic E-state index is 11.3. The fraction of sp³-hybridized carbons (Fsp3) is 0.600. The van der Waals surface area contributed by atoms with Crippen molar-refractivity contribution in [3.05, 3.63) is 29.6 Å². The average molecular weight is 262 g/mol. The first-order chi connectivity index (χ1) is 9.10. The molecule has 0 saturated carbocycles. The molecule has 2 unspecified atom stereocenters. The molecule has 1 saturated heterocycles. The Balaban J connectivity index is 1.98. The van der Waals surface area contributed by atoms with Crippen LogP contribution in [0, 0.1) is 5.92 Å². The number of esters is 1. The first-order valence-corrected chi connectivity index (χ1v) is 6.87. The summed E-state index contributed by atoms with van der Waals surface area (Å²) in [5.41, 5.74) is 1.51. The normalized spacial score (nSPS) is 24.2. The zero-order chi connectivity index (χ0) is 13.8. The van der Waals surface area contributed by atoms with Crippen LogP contribution in [0.3, 0.4) is 0 Å². The van der Waals surface area contributed by atoms with Crippen LogP contribution in [0.25, 0.3) is 0 Å². The lowest BCUT2D eigenvalue weighted by Crippen LogP contribution is -2.39. The van der Waals surface area contributed by atoms with Gasteiger partial charge in [0, 0.05) is 18.8 Å². The summed E-state index contributed by atoms with van der Waals surface area (Å²) in [4.78, 5) is 18.1. The van der Waals surface area contributed by atoms with Crippen LogP contribution < -0.4 is 0 Å². The highest BCUT2D eigenvalue weighted by Crippen LogP contribution is 2.23. The summed E-state index contributed by atoms with van der Waals surface area (Å²) in [6.45, 7) is 6.58. The van der Waals surface area contributed by atoms with Crippen molar-refractivity contribution >= 4 is 5.97 Å². The minimum Gasteiger partial charge on any atom is -0.465 e. The summed E-state index contributed by atoms with van der Waals surface area (Å²) in [5, 5.41) is 0. The molecular formula is C15H22N2O2. The summed E-state index contributed by atoms with van der Waals surface area (Å²) < 4.78 is 4.67. The Morgan fingerprint density at radius 3 is 2.84 bits per heavy atom. The monoisotopic (exact) mass is 262 g/mol. The number of pyridine rings is 1. The molecule has 4 nitrogen and oxygen atoms in total. The molecule has 0 aromatic carbocycles. The third-order valence-corrected chi connectivity index (χ3v) is 3.89. The standard InChI is InChI=1S/C15H22N2O2/c1-11-6-7-17(12(2)8-11)10-14-5-4-13(9-16-14)15(18)19-3/h4-5,9,11-12H,6-8,10H2,1-3H3. The Morgan fingerprint density at radius 2 is 2.26 bits per heavy atom. The first-order valence-electron chi connectivity index (χ1n) is 6.87. The summed E-state index contributed by atoms with van der Waals surface area (Å²) >= 11 is 0. The number of hydrogen-bond donors (Lipinski definition) is 0. The minimum atomic E-state index is -0.334. The molecule has 2 rings (SSSR count). The maximum atomic E-state index is 11.3. The van der Waals surface area contributed by atoms with Gasteiger partial charge >= 0.3 is 5.97 Å². The SMILES string of the molecule is COC(=O)c1ccc(CN2CCC(C)CC2C)nc1. The van der Waals surface area contributed by atoms with Gasteiger partial charge in [-0.2, -0.15) is 0 Å². The number of carbonyl (C=O) groups excluding carboxylic acids is 1. The van der Waals surface area contributed by atoms with Crippen molar-refractivity contribution in [1.82, 2.24) is 9.88 Å². The number of hydrogen-bond acceptors (Lipinski definition) is 4. The summed E-state index contributed by atoms with van der Waals surface area (Å²) in [5.74, 6) is 0.486. The molecule has 0 bridgehead atoms. The van der Waals surface area contributed by atoms with E-state index in [2.05, 4.69) is 28.5 Å². The van der Waals surface area contributed by atoms with Crippen LogP contribution in [0.5, 0.6) is 0 Å². The van der Waals surface area contributed by atoms with Gasteiger partial charge in [-0.15, -0.1) is 0 Å². The molecule has 19 heavy (non-hydrogen) atoms. The van der Waals surface area contributed by atoms with Gasteiger partial charge in [-0.3, -0.25) is 9.88 Å². The highest BCUT2D eigenvalue weighted by Gasteiger charge is 2.23. The molecule has 0 spiro atoms. The Morgan fingerprint density at radius 1 is 1.47 bits per heavy atom. The molecule has 104 valence electrons. The number of likely N-dealkylation sites (tertiary alicyclic amines) is 1. The molecule has 1 aromatic heterocycles. The topological polar surface area (TPSA) is 42.4 Å². The number of nitrogens with zero attached hydrogens (tertiary/aromatic N) is 2. The largest absolute Gasteiger partial charge is 0.465 e. The molecular weight excluding hydrogens is 240 g/mol. The second kappa shape index (κ2) is 6.15. The third-order valence-electron chi connectivity index (χ3n) is 3.89. The Hall–Kier alpha value is -1.42. The first kappa shape index (κ1) is 14.0. The van der Waals surface area contributed by atoms with E-state index >= 15 is 0 Å². The molecule has 4 heteroatoms. The van der Waals surface area contributed by atoms with Gasteiger partial charge in [0.15, 0.2) is 0 Å². The molecule has 0 radical (unpaired) electrons. The lowest BCUT2D eigenvalue weighted by molar-refractivity contribution is 0.0600. The summed E-state index contributed by atoms with van der Waals surface area (Å²) in [6, 6.07) is 4.30. The number of piperidine rings is 1. The van der Waals surface area contributed by atoms with Gasteiger partial charge in [0.05, 0.1) is 18.4 Å². The Kier molecular flexibility index (Phi) is 4.53. The maximum Gasteiger partial charge on any atom is 0.339 e. The van der Waals surface area contributed by atoms with Crippen LogP contribution in [-0.2, 0) is 11.3 Å². The van der Waals surface area contributed by atoms with Gasteiger partial charge in [-0.25, -0.2) is 4.79 Å². The van der Waals surface area contributed by atoms with Gasteiger partial charge in [-0.05, 0) is 44.4 Å². The van der Waals surface area contributed by atoms with Crippen molar-refractivity contribution in [3.63, 3.8) is 0 Å². The highest BCUT2D eigenvalue weighted by atomic mass is 16.5. The van der Waals surface area contributed by atoms with E-state index in [0.717, 1.165) is 24.7 Å². The van der Waals surface area contributed by atoms with E-state index in [-0.39, 0.29) is 5.97 Å². The molecule has 1 fully saturated rings. The average Bonchev–Trinajstić information content (AvgIpc) is 2.42. The van der Waals surface area contributed by atoms with E-state index in [0.29, 0.717) is 11.6 Å². The highest BCUT2D eigenvalue weighted by molar-refractivity contribution is 5.88. The van der Waals surface area contributed by atoms with Crippen LogP contribution in [0.1, 0.15) is 42.7 Å². The van der Waals surface area contributed by atoms with Crippen LogP contribution in [0.15, 0.2) is 18.3 Å². The predicted octanol–water partition coefficient (Wildman–Crippen LogP) is 2.49. The lowest BCUT2D eigenvalue weighted by atomic mass is 9.93. The third kappa shape index (κ3) is 3.53. The van der Waals surface area contributed by atoms with Gasteiger partial charge < -0.3 is 4.74 Å². The van der Waals surface area contributed by atoms with Crippen LogP contribution in [-0.4, -0.2) is 35.5 Å². The number of ether oxygens (including phenoxy) is 1. The fourth-order valence-electron chi connectivity index (χ4n) is 2.66. The van der Waals surface area contributed by atoms with Crippen molar-refractivity contribution in [1.29, 1.82) is 0 Å². The van der Waals surface area contributed by atoms with E-state index < -0.39 is 0 Å². The molecule has 0 aliphatic carbocycles. The minimum absolute atomic E-state index is 0.334. The molecule has 2 heterocycles. The van der Waals surface area contributed by atoms with Crippen molar-refractivity contribution in [2.75, 3.05) is 13.7 Å². The number of carbonyl (C=O) groups is 1. The second-order valence-corrected chi connectivity index (χ2v) is 5.48. The molecule has 0 N–H and O–H groups in total. The molecule has 2 atom stereocenters. The smallest absolute Gasteiger partial charge is 0.339 e. The van der Waals surface area contributed by atoms with Crippen molar-refractivity contribution in [2.45, 2.75) is 39.3 Å². The van der Waals surface area contributed by atoms with Crippen LogP contribution >= 0.6 is 0 Å². The number of methoxy groups -OCH3 is 1. The van der Waals surface area contributed by atoms with Crippen molar-refractivity contribution in [3.8, 4) is 0 Å². The van der Waals surface area contributed by atoms with Crippen LogP contribution in [0.4, 0.5) is 0 Å². The van der Waals surface area contributed by atoms with E-state index in [1.165, 1.54) is 20.0 Å². The predicted molar refractivity (Wildman–Crippen MR) is 73.8 cm³/mol. The molecule has 0 amide bonds. The van der Waals surface area contributed by atoms with E-state index in [1.54, 1.807) is 12.3 Å². The summed E-state index contributed by atoms with van der Waals surface area (Å²) in [6.07, 6.45) is 4.10. The van der Waals surface area contributed by atoms with Crippen LogP contribution in [0.2, 0.25) is 0 Å². The molecule has 1 aliphatic rings. The van der Waals surface area contributed by atoms with Gasteiger partial charge in [0.25, 0.3) is 0 Å². The van der Waals surface area contributed by atoms with Gasteiger partial charge in [0.2, 0.25) is 0 Å². The quantitative estimate of drug-likeness (QED) is 0.785. The van der Waals surface area contributed by atoms with Gasteiger partial charge in [0.1, 0.15) is 0 Å². The van der Waals surface area contributed by atoms with Crippen molar-refractivity contribution in [2.24, 2.45) is 5.92 Å². The zero-order valence-corrected chi connectivity index (χ0v) is 11.9. The Bertz CT molecular complexity index is 430. The fourth-order valence-corrected chi connectivity index (χ4v) is 2.66. The van der Waals surface area contributed by atoms with E-state index in [4.69, 9.17) is 0 Å². The Labute approximate surface area is 114 Å². The van der Waals surface area contributed by atoms with Gasteiger partial charge in [-0.1, -0.05) is 6.92 Å². The lowest BCUT2D eigenvalue weighted by Gasteiger charge is -2.36. The second-order valence-electron chi connectivity index (χ2n) is 5.48. The van der Waals surface area contributed by atoms with E-state index in [9.17, 15) is 4.79 Å². The van der Waals surface area contributed by atoms with Crippen molar-refractivity contribution < 1.29 is 9.53 Å². The zero-order valence-electron chi connectivity index (χ0n) is 11.9. The molecule has 1 aromatic rings. The molecule has 1 aliphatic heterocycles.